The van der Waals surface area contributed by atoms with E-state index in [4.69, 9.17) is 18.8 Å². The second kappa shape index (κ2) is 22.4. The summed E-state index contributed by atoms with van der Waals surface area (Å²) in [6, 6.07) is 0. The molecule has 42 valence electrons. The van der Waals surface area contributed by atoms with Crippen LogP contribution in [0.15, 0.2) is 0 Å². The van der Waals surface area contributed by atoms with Gasteiger partial charge in [-0.3, -0.25) is 4.79 Å². The second-order valence-corrected chi connectivity index (χ2v) is 0.886. The largest absolute Gasteiger partial charge is 1.00 e. The molecule has 0 saturated carbocycles. The van der Waals surface area contributed by atoms with Crippen LogP contribution in [0.3, 0.4) is 0 Å². The summed E-state index contributed by atoms with van der Waals surface area (Å²) < 4.78 is 8.52. The molecule has 1 amide bonds. The van der Waals surface area contributed by atoms with Crippen LogP contribution in [-0.2, 0) is 9.26 Å². The normalized spacial score (nSPS) is 4.00. The minimum absolute atomic E-state index is 0. The summed E-state index contributed by atoms with van der Waals surface area (Å²) in [5.41, 5.74) is 4.17. The van der Waals surface area contributed by atoms with Crippen LogP contribution in [0.4, 0.5) is 0 Å². The van der Waals surface area contributed by atoms with Crippen LogP contribution in [0, 0.1) is 0 Å². The molecule has 0 aliphatic rings. The molecule has 8 heteroatoms. The van der Waals surface area contributed by atoms with Crippen LogP contribution in [-0.4, -0.2) is 15.6 Å². The Labute approximate surface area is 139 Å². The van der Waals surface area contributed by atoms with Gasteiger partial charge in [0.05, 0.1) is 0 Å². The van der Waals surface area contributed by atoms with Gasteiger partial charge < -0.3 is 19.8 Å². The van der Waals surface area contributed by atoms with E-state index in [0.29, 0.717) is 0 Å². The third-order valence-corrected chi connectivity index (χ3v) is 0. The molecule has 0 rings (SSSR count). The van der Waals surface area contributed by atoms with E-state index >= 15 is 0 Å². The van der Waals surface area contributed by atoms with Crippen molar-refractivity contribution in [2.75, 3.05) is 0 Å². The topological polar surface area (TPSA) is 106 Å². The molecule has 5 nitrogen and oxygen atoms in total. The van der Waals surface area contributed by atoms with Crippen LogP contribution in [0.5, 0.6) is 0 Å². The molecule has 2 N–H and O–H groups in total. The van der Waals surface area contributed by atoms with Gasteiger partial charge in [-0.1, -0.05) is 0 Å². The van der Waals surface area contributed by atoms with Crippen molar-refractivity contribution in [1.82, 2.24) is 0 Å². The molecule has 0 radical (unpaired) electrons. The fourth-order valence-electron chi connectivity index (χ4n) is 0. The van der Waals surface area contributed by atoms with Crippen molar-refractivity contribution >= 4 is 15.6 Å². The van der Waals surface area contributed by atoms with Gasteiger partial charge in [-0.05, 0) is 0 Å². The Bertz CT molecular complexity index is 65.6. The molecule has 0 heterocycles. The zero-order chi connectivity index (χ0) is 6.28. The van der Waals surface area contributed by atoms with Crippen LogP contribution in [0.2, 0.25) is 0 Å². The number of primary amides is 1. The number of carbonyl (C=O) groups is 1. The summed E-state index contributed by atoms with van der Waals surface area (Å²) >= 11 is 0. The maximum atomic E-state index is 8.58. The zero-order valence-electron chi connectivity index (χ0n) is 5.29. The predicted molar refractivity (Wildman–Crippen MR) is 16.7 cm³/mol. The van der Waals surface area contributed by atoms with Crippen molar-refractivity contribution in [2.45, 2.75) is 0 Å². The smallest absolute Gasteiger partial charge is 0.672 e. The fourth-order valence-corrected chi connectivity index (χ4v) is 0. The first-order valence-electron chi connectivity index (χ1n) is 1.18. The Morgan fingerprint density at radius 1 is 1.33 bits per heavy atom. The third-order valence-electron chi connectivity index (χ3n) is 0. The number of amides is 1. The Kier molecular flexibility index (Phi) is 56.1. The fraction of sp³-hybridized carbons (Fsp3) is 0. The molecular formula is CH3K2NO4Si. The van der Waals surface area contributed by atoms with E-state index in [2.05, 4.69) is 5.73 Å². The Balaban J connectivity index is -0.0000000233. The Hall–Kier alpha value is 2.36. The van der Waals surface area contributed by atoms with Gasteiger partial charge in [-0.2, -0.15) is 0 Å². The van der Waals surface area contributed by atoms with E-state index in [1.54, 1.807) is 0 Å². The molecule has 0 saturated heterocycles. The van der Waals surface area contributed by atoms with Crippen LogP contribution in [0.1, 0.15) is 0 Å². The van der Waals surface area contributed by atoms with Crippen LogP contribution >= 0.6 is 0 Å². The molecular weight excluding hydrogens is 196 g/mol. The first kappa shape index (κ1) is 22.5. The summed E-state index contributed by atoms with van der Waals surface area (Å²) in [5, 5.41) is 0. The van der Waals surface area contributed by atoms with E-state index in [-0.39, 0.29) is 109 Å². The first-order valence-corrected chi connectivity index (χ1v) is 2.41. The average molecular weight is 199 g/mol. The predicted octanol–water partition coefficient (Wildman–Crippen LogP) is -9.77. The minimum Gasteiger partial charge on any atom is -0.672 e. The molecule has 0 aromatic heterocycles. The number of nitrogens with two attached hydrogens (primary N) is 1. The standard InChI is InChI=1S/CH3NO.2K.O3Si/c2-1-3;;;1-4(2)3/h1H,(H2,2,3);;;/q;2*+1;-2. The monoisotopic (exact) mass is 199 g/mol. The minimum atomic E-state index is -3.63. The van der Waals surface area contributed by atoms with Gasteiger partial charge >= 0.3 is 103 Å². The molecule has 0 aliphatic carbocycles. The Morgan fingerprint density at radius 3 is 1.33 bits per heavy atom. The second-order valence-electron chi connectivity index (χ2n) is 0.386. The summed E-state index contributed by atoms with van der Waals surface area (Å²) in [4.78, 5) is 25.6. The maximum absolute atomic E-state index is 8.58. The number of carbonyl (C=O) groups excluding carboxylic acids is 1. The molecule has 0 aromatic carbocycles. The van der Waals surface area contributed by atoms with Crippen molar-refractivity contribution in [2.24, 2.45) is 5.73 Å². The summed E-state index contributed by atoms with van der Waals surface area (Å²) in [6.45, 7) is 0. The van der Waals surface area contributed by atoms with Gasteiger partial charge in [0.15, 0.2) is 0 Å². The molecule has 0 atom stereocenters. The van der Waals surface area contributed by atoms with Crippen molar-refractivity contribution in [3.05, 3.63) is 0 Å². The van der Waals surface area contributed by atoms with Crippen LogP contribution < -0.4 is 118 Å². The SMILES string of the molecule is NC=O.O=[Si]([O-])[O-].[K+].[K+]. The molecule has 0 spiro atoms. The van der Waals surface area contributed by atoms with Gasteiger partial charge in [0.25, 0.3) is 0 Å². The molecule has 0 aliphatic heterocycles. The number of hydrogen-bond donors (Lipinski definition) is 1. The molecule has 0 aromatic rings. The van der Waals surface area contributed by atoms with Crippen molar-refractivity contribution in [1.29, 1.82) is 0 Å². The molecule has 0 unspecified atom stereocenters. The molecule has 9 heavy (non-hydrogen) atoms. The quantitative estimate of drug-likeness (QED) is 0.309. The summed E-state index contributed by atoms with van der Waals surface area (Å²) in [5.74, 6) is 0. The number of hydrogen-bond acceptors (Lipinski definition) is 4. The van der Waals surface area contributed by atoms with E-state index < -0.39 is 9.17 Å². The third kappa shape index (κ3) is 130. The maximum Gasteiger partial charge on any atom is 1.00 e. The van der Waals surface area contributed by atoms with Crippen LogP contribution in [0.25, 0.3) is 0 Å². The zero-order valence-corrected chi connectivity index (χ0v) is 12.5. The van der Waals surface area contributed by atoms with E-state index in [9.17, 15) is 0 Å². The summed E-state index contributed by atoms with van der Waals surface area (Å²) in [6.07, 6.45) is 0.250. The van der Waals surface area contributed by atoms with Crippen molar-refractivity contribution in [3.8, 4) is 0 Å². The number of rotatable bonds is 0. The van der Waals surface area contributed by atoms with Gasteiger partial charge in [0, 0.05) is 9.17 Å². The van der Waals surface area contributed by atoms with E-state index in [1.807, 2.05) is 0 Å². The van der Waals surface area contributed by atoms with Gasteiger partial charge in [0.1, 0.15) is 0 Å². The van der Waals surface area contributed by atoms with E-state index in [0.717, 1.165) is 0 Å². The molecule has 0 fully saturated rings. The molecule has 0 bridgehead atoms. The van der Waals surface area contributed by atoms with Gasteiger partial charge in [-0.25, -0.2) is 0 Å². The van der Waals surface area contributed by atoms with Gasteiger partial charge in [0.2, 0.25) is 6.41 Å². The van der Waals surface area contributed by atoms with Gasteiger partial charge in [-0.15, -0.1) is 0 Å². The van der Waals surface area contributed by atoms with Crippen molar-refractivity contribution in [3.63, 3.8) is 0 Å². The van der Waals surface area contributed by atoms with Crippen molar-refractivity contribution < 1.29 is 122 Å². The van der Waals surface area contributed by atoms with E-state index in [1.165, 1.54) is 0 Å². The first-order chi connectivity index (χ1) is 3.15. The summed E-state index contributed by atoms with van der Waals surface area (Å²) in [7, 11) is -3.63. The Morgan fingerprint density at radius 2 is 1.33 bits per heavy atom. The average Bonchev–Trinajstić information content (AvgIpc) is 1.33.